The van der Waals surface area contributed by atoms with Crippen molar-refractivity contribution in [3.63, 3.8) is 0 Å². The van der Waals surface area contributed by atoms with E-state index in [1.807, 2.05) is 22.4 Å². The molecule has 1 aliphatic rings. The highest BCUT2D eigenvalue weighted by atomic mass is 79.9. The van der Waals surface area contributed by atoms with Gasteiger partial charge in [0.1, 0.15) is 5.82 Å². The summed E-state index contributed by atoms with van der Waals surface area (Å²) in [5, 5.41) is 2.01. The highest BCUT2D eigenvalue weighted by Crippen LogP contribution is 2.32. The normalized spacial score (nSPS) is 14.3. The van der Waals surface area contributed by atoms with Crippen LogP contribution in [0.3, 0.4) is 0 Å². The number of carbonyl (C=O) groups is 1. The van der Waals surface area contributed by atoms with Crippen LogP contribution in [0.25, 0.3) is 0 Å². The maximum absolute atomic E-state index is 13.1. The fraction of sp³-hybridized carbons (Fsp3) is 0.267. The molecule has 0 radical (unpaired) electrons. The Kier molecular flexibility index (Phi) is 3.89. The molecule has 0 aliphatic heterocycles. The molecule has 1 amide bonds. The Balaban J connectivity index is 1.85. The first-order valence-electron chi connectivity index (χ1n) is 6.43. The summed E-state index contributed by atoms with van der Waals surface area (Å²) in [6.07, 6.45) is 2.10. The van der Waals surface area contributed by atoms with E-state index in [9.17, 15) is 9.18 Å². The molecular formula is C15H13BrFNOS. The number of hydrogen-bond acceptors (Lipinski definition) is 2. The number of nitrogens with zero attached hydrogens (tertiary/aromatic N) is 1. The molecule has 1 heterocycles. The van der Waals surface area contributed by atoms with Crippen LogP contribution in [-0.4, -0.2) is 16.8 Å². The Morgan fingerprint density at radius 2 is 2.20 bits per heavy atom. The minimum atomic E-state index is -0.343. The van der Waals surface area contributed by atoms with Gasteiger partial charge in [-0.25, -0.2) is 4.39 Å². The summed E-state index contributed by atoms with van der Waals surface area (Å²) in [7, 11) is 0. The van der Waals surface area contributed by atoms with E-state index in [1.165, 1.54) is 17.0 Å². The standard InChI is InChI=1S/C15H13BrFNOS/c16-14-8-10(17)3-6-13(14)15(19)18(11-4-5-11)9-12-2-1-7-20-12/h1-3,6-8,11H,4-5,9H2. The predicted octanol–water partition coefficient (Wildman–Crippen LogP) is 4.45. The fourth-order valence-electron chi connectivity index (χ4n) is 2.14. The third-order valence-electron chi connectivity index (χ3n) is 3.32. The van der Waals surface area contributed by atoms with Gasteiger partial charge in [0.25, 0.3) is 5.91 Å². The summed E-state index contributed by atoms with van der Waals surface area (Å²) < 4.78 is 13.6. The van der Waals surface area contributed by atoms with Crippen molar-refractivity contribution in [1.82, 2.24) is 4.90 Å². The fourth-order valence-corrected chi connectivity index (χ4v) is 3.36. The van der Waals surface area contributed by atoms with Crippen LogP contribution in [0.15, 0.2) is 40.2 Å². The lowest BCUT2D eigenvalue weighted by Crippen LogP contribution is -2.32. The van der Waals surface area contributed by atoms with Gasteiger partial charge in [-0.3, -0.25) is 4.79 Å². The lowest BCUT2D eigenvalue weighted by molar-refractivity contribution is 0.0730. The molecule has 1 fully saturated rings. The lowest BCUT2D eigenvalue weighted by atomic mass is 10.2. The molecule has 3 rings (SSSR count). The van der Waals surface area contributed by atoms with Gasteiger partial charge in [-0.15, -0.1) is 11.3 Å². The molecule has 0 N–H and O–H groups in total. The van der Waals surface area contributed by atoms with Crippen LogP contribution in [-0.2, 0) is 6.54 Å². The number of rotatable bonds is 4. The van der Waals surface area contributed by atoms with Crippen LogP contribution in [0.5, 0.6) is 0 Å². The third-order valence-corrected chi connectivity index (χ3v) is 4.83. The zero-order valence-corrected chi connectivity index (χ0v) is 13.1. The number of thiophene rings is 1. The summed E-state index contributed by atoms with van der Waals surface area (Å²) in [6, 6.07) is 8.56. The number of hydrogen-bond donors (Lipinski definition) is 0. The van der Waals surface area contributed by atoms with E-state index in [1.54, 1.807) is 17.4 Å². The smallest absolute Gasteiger partial charge is 0.255 e. The molecule has 1 aromatic carbocycles. The highest BCUT2D eigenvalue weighted by molar-refractivity contribution is 9.10. The van der Waals surface area contributed by atoms with E-state index in [4.69, 9.17) is 0 Å². The van der Waals surface area contributed by atoms with Gasteiger partial charge < -0.3 is 4.90 Å². The van der Waals surface area contributed by atoms with E-state index in [-0.39, 0.29) is 11.7 Å². The van der Waals surface area contributed by atoms with E-state index >= 15 is 0 Å². The molecule has 0 saturated heterocycles. The summed E-state index contributed by atoms with van der Waals surface area (Å²) in [5.41, 5.74) is 0.523. The van der Waals surface area contributed by atoms with Crippen LogP contribution in [0.2, 0.25) is 0 Å². The maximum atomic E-state index is 13.1. The largest absolute Gasteiger partial charge is 0.330 e. The second-order valence-electron chi connectivity index (χ2n) is 4.87. The van der Waals surface area contributed by atoms with E-state index in [0.29, 0.717) is 22.6 Å². The molecule has 1 saturated carbocycles. The van der Waals surface area contributed by atoms with Gasteiger partial charge in [0.2, 0.25) is 0 Å². The number of carbonyl (C=O) groups excluding carboxylic acids is 1. The average molecular weight is 354 g/mol. The van der Waals surface area contributed by atoms with Gasteiger partial charge in [-0.2, -0.15) is 0 Å². The lowest BCUT2D eigenvalue weighted by Gasteiger charge is -2.22. The first kappa shape index (κ1) is 13.8. The third kappa shape index (κ3) is 2.94. The molecule has 2 aromatic rings. The van der Waals surface area contributed by atoms with E-state index < -0.39 is 0 Å². The number of benzene rings is 1. The Labute approximate surface area is 129 Å². The molecule has 20 heavy (non-hydrogen) atoms. The molecule has 1 aliphatic carbocycles. The molecule has 2 nitrogen and oxygen atoms in total. The zero-order valence-electron chi connectivity index (χ0n) is 10.7. The van der Waals surface area contributed by atoms with Gasteiger partial charge in [-0.05, 0) is 58.4 Å². The highest BCUT2D eigenvalue weighted by Gasteiger charge is 2.33. The van der Waals surface area contributed by atoms with Crippen molar-refractivity contribution in [2.75, 3.05) is 0 Å². The molecule has 1 aromatic heterocycles. The summed E-state index contributed by atoms with van der Waals surface area (Å²) >= 11 is 4.93. The second kappa shape index (κ2) is 5.66. The van der Waals surface area contributed by atoms with Crippen molar-refractivity contribution in [3.8, 4) is 0 Å². The van der Waals surface area contributed by atoms with Crippen molar-refractivity contribution < 1.29 is 9.18 Å². The van der Waals surface area contributed by atoms with Gasteiger partial charge >= 0.3 is 0 Å². The minimum Gasteiger partial charge on any atom is -0.330 e. The van der Waals surface area contributed by atoms with E-state index in [2.05, 4.69) is 15.9 Å². The van der Waals surface area contributed by atoms with Gasteiger partial charge in [0, 0.05) is 15.4 Å². The predicted molar refractivity (Wildman–Crippen MR) is 81.3 cm³/mol. The van der Waals surface area contributed by atoms with Crippen molar-refractivity contribution in [2.24, 2.45) is 0 Å². The molecule has 0 bridgehead atoms. The van der Waals surface area contributed by atoms with Crippen LogP contribution in [0, 0.1) is 5.82 Å². The van der Waals surface area contributed by atoms with Crippen molar-refractivity contribution in [3.05, 3.63) is 56.4 Å². The summed E-state index contributed by atoms with van der Waals surface area (Å²) in [5.74, 6) is -0.377. The quantitative estimate of drug-likeness (QED) is 0.794. The first-order chi connectivity index (χ1) is 9.65. The van der Waals surface area contributed by atoms with Gasteiger partial charge in [-0.1, -0.05) is 6.07 Å². The Hall–Kier alpha value is -1.20. The molecule has 0 spiro atoms. The SMILES string of the molecule is O=C(c1ccc(F)cc1Br)N(Cc1cccs1)C1CC1. The number of amides is 1. The Bertz CT molecular complexity index is 625. The second-order valence-corrected chi connectivity index (χ2v) is 6.75. The van der Waals surface area contributed by atoms with Gasteiger partial charge in [0.05, 0.1) is 12.1 Å². The molecule has 5 heteroatoms. The Morgan fingerprint density at radius 1 is 1.40 bits per heavy atom. The minimum absolute atomic E-state index is 0.0345. The van der Waals surface area contributed by atoms with Crippen molar-refractivity contribution in [1.29, 1.82) is 0 Å². The summed E-state index contributed by atoms with van der Waals surface area (Å²) in [4.78, 5) is 15.7. The van der Waals surface area contributed by atoms with Crippen LogP contribution < -0.4 is 0 Å². The van der Waals surface area contributed by atoms with Gasteiger partial charge in [0.15, 0.2) is 0 Å². The van der Waals surface area contributed by atoms with E-state index in [0.717, 1.165) is 12.8 Å². The Morgan fingerprint density at radius 3 is 2.80 bits per heavy atom. The van der Waals surface area contributed by atoms with Crippen LogP contribution in [0.1, 0.15) is 28.1 Å². The van der Waals surface area contributed by atoms with Crippen LogP contribution in [0.4, 0.5) is 4.39 Å². The average Bonchev–Trinajstić information content (AvgIpc) is 3.12. The molecule has 0 unspecified atom stereocenters. The summed E-state index contributed by atoms with van der Waals surface area (Å²) in [6.45, 7) is 0.630. The van der Waals surface area contributed by atoms with Crippen molar-refractivity contribution in [2.45, 2.75) is 25.4 Å². The monoisotopic (exact) mass is 353 g/mol. The molecule has 0 atom stereocenters. The van der Waals surface area contributed by atoms with Crippen molar-refractivity contribution >= 4 is 33.2 Å². The topological polar surface area (TPSA) is 20.3 Å². The zero-order chi connectivity index (χ0) is 14.1. The molecular weight excluding hydrogens is 341 g/mol. The number of halogens is 2. The maximum Gasteiger partial charge on any atom is 0.255 e. The van der Waals surface area contributed by atoms with Crippen LogP contribution >= 0.6 is 27.3 Å². The first-order valence-corrected chi connectivity index (χ1v) is 8.11. The molecule has 104 valence electrons.